The van der Waals surface area contributed by atoms with Gasteiger partial charge in [-0.05, 0) is 62.1 Å². The first-order chi connectivity index (χ1) is 13.5. The molecule has 1 fully saturated rings. The molecule has 2 aromatic rings. The van der Waals surface area contributed by atoms with Crippen LogP contribution in [0.1, 0.15) is 34.3 Å². The van der Waals surface area contributed by atoms with Gasteiger partial charge in [0.2, 0.25) is 0 Å². The van der Waals surface area contributed by atoms with E-state index in [0.29, 0.717) is 11.3 Å². The minimum atomic E-state index is -0.494. The van der Waals surface area contributed by atoms with Crippen LogP contribution in [0.3, 0.4) is 0 Å². The summed E-state index contributed by atoms with van der Waals surface area (Å²) in [5, 5.41) is 2.77. The Labute approximate surface area is 169 Å². The third-order valence-corrected chi connectivity index (χ3v) is 5.60. The van der Waals surface area contributed by atoms with Gasteiger partial charge in [0.25, 0.3) is 5.91 Å². The van der Waals surface area contributed by atoms with Crippen molar-refractivity contribution in [2.24, 2.45) is 0 Å². The lowest BCUT2D eigenvalue weighted by Gasteiger charge is -2.12. The molecule has 1 heterocycles. The third-order valence-electron chi connectivity index (χ3n) is 4.40. The number of rotatable bonds is 7. The van der Waals surface area contributed by atoms with E-state index < -0.39 is 5.97 Å². The van der Waals surface area contributed by atoms with Gasteiger partial charge >= 0.3 is 5.97 Å². The molecule has 0 radical (unpaired) electrons. The summed E-state index contributed by atoms with van der Waals surface area (Å²) >= 11 is 1.59. The second-order valence-electron chi connectivity index (χ2n) is 6.94. The molecule has 1 atom stereocenters. The Hall–Kier alpha value is -2.31. The number of ether oxygens (including phenoxy) is 2. The first-order valence-electron chi connectivity index (χ1n) is 9.40. The zero-order chi connectivity index (χ0) is 19.9. The number of esters is 1. The molecule has 0 spiro atoms. The van der Waals surface area contributed by atoms with Crippen molar-refractivity contribution in [3.8, 4) is 0 Å². The molecule has 0 saturated carbocycles. The number of nitrogens with one attached hydrogen (secondary N) is 1. The zero-order valence-corrected chi connectivity index (χ0v) is 17.0. The van der Waals surface area contributed by atoms with E-state index in [1.807, 2.05) is 44.2 Å². The number of carbonyl (C=O) groups excluding carboxylic acids is 2. The smallest absolute Gasteiger partial charge is 0.339 e. The average molecular weight is 400 g/mol. The van der Waals surface area contributed by atoms with Crippen molar-refractivity contribution in [2.45, 2.75) is 37.7 Å². The number of thioether (sulfide) groups is 1. The van der Waals surface area contributed by atoms with Gasteiger partial charge in [-0.25, -0.2) is 4.79 Å². The maximum atomic E-state index is 12.5. The summed E-state index contributed by atoms with van der Waals surface area (Å²) < 4.78 is 10.9. The van der Waals surface area contributed by atoms with E-state index in [9.17, 15) is 9.59 Å². The minimum Gasteiger partial charge on any atom is -0.452 e. The van der Waals surface area contributed by atoms with Gasteiger partial charge in [0.05, 0.1) is 11.7 Å². The topological polar surface area (TPSA) is 64.6 Å². The summed E-state index contributed by atoms with van der Waals surface area (Å²) in [5.74, 6) is -0.0498. The Balaban J connectivity index is 1.54. The maximum Gasteiger partial charge on any atom is 0.339 e. The fraction of sp³-hybridized carbons (Fsp3) is 0.364. The third kappa shape index (κ3) is 5.84. The Bertz CT molecular complexity index is 826. The molecule has 1 amide bonds. The standard InChI is InChI=1S/C22H25NO4S/c1-15-10-16(2)12-17(11-15)23-21(24)13-27-22(25)19-7-3-4-8-20(19)28-14-18-6-5-9-26-18/h3-4,7-8,10-12,18H,5-6,9,13-14H2,1-2H3,(H,23,24). The Morgan fingerprint density at radius 1 is 1.18 bits per heavy atom. The first kappa shape index (κ1) is 20.4. The number of aryl methyl sites for hydroxylation is 2. The molecule has 148 valence electrons. The monoisotopic (exact) mass is 399 g/mol. The van der Waals surface area contributed by atoms with Crippen molar-refractivity contribution < 1.29 is 19.1 Å². The van der Waals surface area contributed by atoms with Gasteiger partial charge < -0.3 is 14.8 Å². The molecular formula is C22H25NO4S. The Morgan fingerprint density at radius 2 is 1.93 bits per heavy atom. The van der Waals surface area contributed by atoms with E-state index in [2.05, 4.69) is 5.32 Å². The molecule has 3 rings (SSSR count). The maximum absolute atomic E-state index is 12.5. The Kier molecular flexibility index (Phi) is 7.12. The van der Waals surface area contributed by atoms with Gasteiger partial charge in [0.1, 0.15) is 0 Å². The van der Waals surface area contributed by atoms with Crippen LogP contribution in [-0.4, -0.2) is 36.9 Å². The average Bonchev–Trinajstić information content (AvgIpc) is 3.17. The quantitative estimate of drug-likeness (QED) is 0.553. The molecule has 28 heavy (non-hydrogen) atoms. The van der Waals surface area contributed by atoms with Crippen molar-refractivity contribution in [2.75, 3.05) is 24.3 Å². The van der Waals surface area contributed by atoms with Gasteiger partial charge in [0, 0.05) is 22.9 Å². The molecule has 0 aromatic heterocycles. The van der Waals surface area contributed by atoms with E-state index in [0.717, 1.165) is 41.2 Å². The number of carbonyl (C=O) groups is 2. The lowest BCUT2D eigenvalue weighted by Crippen LogP contribution is -2.21. The second kappa shape index (κ2) is 9.75. The molecule has 6 heteroatoms. The summed E-state index contributed by atoms with van der Waals surface area (Å²) in [7, 11) is 0. The Morgan fingerprint density at radius 3 is 2.64 bits per heavy atom. The number of benzene rings is 2. The SMILES string of the molecule is Cc1cc(C)cc(NC(=O)COC(=O)c2ccccc2SCC2CCCO2)c1. The summed E-state index contributed by atoms with van der Waals surface area (Å²) in [5.41, 5.74) is 3.30. The fourth-order valence-electron chi connectivity index (χ4n) is 3.17. The largest absolute Gasteiger partial charge is 0.452 e. The fourth-order valence-corrected chi connectivity index (χ4v) is 4.28. The predicted octanol–water partition coefficient (Wildman–Crippen LogP) is 4.37. The van der Waals surface area contributed by atoms with E-state index >= 15 is 0 Å². The van der Waals surface area contributed by atoms with Crippen LogP contribution in [0.2, 0.25) is 0 Å². The van der Waals surface area contributed by atoms with Gasteiger partial charge in [-0.15, -0.1) is 11.8 Å². The number of hydrogen-bond acceptors (Lipinski definition) is 5. The highest BCUT2D eigenvalue weighted by Crippen LogP contribution is 2.27. The van der Waals surface area contributed by atoms with Crippen LogP contribution in [0.25, 0.3) is 0 Å². The van der Waals surface area contributed by atoms with E-state index in [1.54, 1.807) is 23.9 Å². The first-order valence-corrected chi connectivity index (χ1v) is 10.4. The molecular weight excluding hydrogens is 374 g/mol. The van der Waals surface area contributed by atoms with Gasteiger partial charge in [-0.2, -0.15) is 0 Å². The molecule has 0 bridgehead atoms. The van der Waals surface area contributed by atoms with Crippen LogP contribution >= 0.6 is 11.8 Å². The van der Waals surface area contributed by atoms with Gasteiger partial charge in [0.15, 0.2) is 6.61 Å². The van der Waals surface area contributed by atoms with Crippen LogP contribution in [0.15, 0.2) is 47.4 Å². The molecule has 0 aliphatic carbocycles. The van der Waals surface area contributed by atoms with Crippen LogP contribution < -0.4 is 5.32 Å². The summed E-state index contributed by atoms with van der Waals surface area (Å²) in [6.45, 7) is 4.42. The van der Waals surface area contributed by atoms with Crippen molar-refractivity contribution in [3.63, 3.8) is 0 Å². The highest BCUT2D eigenvalue weighted by atomic mass is 32.2. The summed E-state index contributed by atoms with van der Waals surface area (Å²) in [4.78, 5) is 25.5. The van der Waals surface area contributed by atoms with Crippen LogP contribution in [0.5, 0.6) is 0 Å². The number of amides is 1. The van der Waals surface area contributed by atoms with Crippen molar-refractivity contribution in [1.82, 2.24) is 0 Å². The molecule has 1 aliphatic heterocycles. The lowest BCUT2D eigenvalue weighted by molar-refractivity contribution is -0.119. The minimum absolute atomic E-state index is 0.234. The zero-order valence-electron chi connectivity index (χ0n) is 16.2. The molecule has 1 N–H and O–H groups in total. The molecule has 2 aromatic carbocycles. The van der Waals surface area contributed by atoms with E-state index in [-0.39, 0.29) is 18.6 Å². The highest BCUT2D eigenvalue weighted by Gasteiger charge is 2.19. The van der Waals surface area contributed by atoms with Gasteiger partial charge in [-0.3, -0.25) is 4.79 Å². The van der Waals surface area contributed by atoms with Crippen molar-refractivity contribution in [1.29, 1.82) is 0 Å². The molecule has 1 saturated heterocycles. The van der Waals surface area contributed by atoms with Crippen molar-refractivity contribution >= 4 is 29.3 Å². The summed E-state index contributed by atoms with van der Waals surface area (Å²) in [6.07, 6.45) is 2.38. The number of hydrogen-bond donors (Lipinski definition) is 1. The lowest BCUT2D eigenvalue weighted by atomic mass is 10.1. The van der Waals surface area contributed by atoms with E-state index in [1.165, 1.54) is 0 Å². The van der Waals surface area contributed by atoms with Crippen LogP contribution in [0.4, 0.5) is 5.69 Å². The van der Waals surface area contributed by atoms with Crippen LogP contribution in [-0.2, 0) is 14.3 Å². The molecule has 1 aliphatic rings. The number of anilines is 1. The molecule has 1 unspecified atom stereocenters. The molecule has 5 nitrogen and oxygen atoms in total. The van der Waals surface area contributed by atoms with Gasteiger partial charge in [-0.1, -0.05) is 18.2 Å². The normalized spacial score (nSPS) is 16.0. The summed E-state index contributed by atoms with van der Waals surface area (Å²) in [6, 6.07) is 13.1. The van der Waals surface area contributed by atoms with E-state index in [4.69, 9.17) is 9.47 Å². The van der Waals surface area contributed by atoms with Crippen LogP contribution in [0, 0.1) is 13.8 Å². The van der Waals surface area contributed by atoms with Crippen molar-refractivity contribution in [3.05, 3.63) is 59.2 Å². The highest BCUT2D eigenvalue weighted by molar-refractivity contribution is 7.99. The predicted molar refractivity (Wildman–Crippen MR) is 111 cm³/mol. The second-order valence-corrected chi connectivity index (χ2v) is 8.00.